The summed E-state index contributed by atoms with van der Waals surface area (Å²) in [6.45, 7) is 5.35. The van der Waals surface area contributed by atoms with Crippen LogP contribution in [0.15, 0.2) is 47.4 Å². The number of aromatic hydroxyl groups is 1. The van der Waals surface area contributed by atoms with Crippen LogP contribution in [0.2, 0.25) is 0 Å². The normalized spacial score (nSPS) is 26.9. The molecule has 2 N–H and O–H groups in total. The van der Waals surface area contributed by atoms with E-state index in [0.29, 0.717) is 59.8 Å². The summed E-state index contributed by atoms with van der Waals surface area (Å²) in [7, 11) is 0. The van der Waals surface area contributed by atoms with Crippen molar-refractivity contribution in [3.05, 3.63) is 58.5 Å². The molecule has 8 rings (SSSR count). The van der Waals surface area contributed by atoms with Crippen LogP contribution in [0.3, 0.4) is 0 Å². The Bertz CT molecular complexity index is 1780. The number of nitrogens with one attached hydrogen (secondary N) is 1. The monoisotopic (exact) mass is 584 g/mol. The van der Waals surface area contributed by atoms with Crippen LogP contribution >= 0.6 is 0 Å². The molecule has 2 aromatic heterocycles. The number of nitrogens with zero attached hydrogens (tertiary/aromatic N) is 5. The van der Waals surface area contributed by atoms with Gasteiger partial charge < -0.3 is 20.1 Å². The maximum absolute atomic E-state index is 14.5. The molecule has 4 aliphatic rings. The molecule has 2 bridgehead atoms. The number of benzene rings is 2. The van der Waals surface area contributed by atoms with E-state index in [9.17, 15) is 14.3 Å². The molecule has 2 unspecified atom stereocenters. The summed E-state index contributed by atoms with van der Waals surface area (Å²) >= 11 is 0. The average Bonchev–Trinajstić information content (AvgIpc) is 3.65. The summed E-state index contributed by atoms with van der Waals surface area (Å²) in [4.78, 5) is 23.8. The number of anilines is 1. The van der Waals surface area contributed by atoms with Crippen molar-refractivity contribution < 1.29 is 14.2 Å². The largest absolute Gasteiger partial charge is 0.508 e. The molecule has 10 heteroatoms. The number of rotatable bonds is 6. The molecule has 6 heterocycles. The van der Waals surface area contributed by atoms with Crippen LogP contribution in [0.1, 0.15) is 44.6 Å². The minimum atomic E-state index is -0.844. The zero-order valence-electron chi connectivity index (χ0n) is 24.4. The van der Waals surface area contributed by atoms with E-state index in [4.69, 9.17) is 9.72 Å². The van der Waals surface area contributed by atoms with E-state index in [-0.39, 0.29) is 16.8 Å². The summed E-state index contributed by atoms with van der Waals surface area (Å²) < 4.78 is 22.3. The highest BCUT2D eigenvalue weighted by Gasteiger charge is 2.49. The van der Waals surface area contributed by atoms with Crippen molar-refractivity contribution in [1.82, 2.24) is 25.0 Å². The number of aromatic nitrogens is 3. The van der Waals surface area contributed by atoms with E-state index in [1.807, 2.05) is 18.2 Å². The molecule has 43 heavy (non-hydrogen) atoms. The zero-order chi connectivity index (χ0) is 29.3. The van der Waals surface area contributed by atoms with Crippen LogP contribution in [0.5, 0.6) is 11.6 Å². The van der Waals surface area contributed by atoms with Gasteiger partial charge in [-0.25, -0.2) is 4.39 Å². The number of aryl methyl sites for hydroxylation is 1. The van der Waals surface area contributed by atoms with E-state index >= 15 is 0 Å². The Morgan fingerprint density at radius 1 is 1.14 bits per heavy atom. The van der Waals surface area contributed by atoms with Crippen LogP contribution in [-0.2, 0) is 6.42 Å². The number of piperazine rings is 1. The number of hydrogen-bond acceptors (Lipinski definition) is 8. The van der Waals surface area contributed by atoms with Crippen LogP contribution in [0, 0.1) is 0 Å². The summed E-state index contributed by atoms with van der Waals surface area (Å²) in [5.74, 6) is 1.15. The van der Waals surface area contributed by atoms with Crippen molar-refractivity contribution in [3.8, 4) is 17.3 Å². The van der Waals surface area contributed by atoms with Crippen LogP contribution in [-0.4, -0.2) is 81.4 Å². The van der Waals surface area contributed by atoms with Gasteiger partial charge in [0.25, 0.3) is 5.56 Å². The first-order valence-electron chi connectivity index (χ1n) is 15.6. The molecule has 9 nitrogen and oxygen atoms in total. The Kier molecular flexibility index (Phi) is 6.34. The van der Waals surface area contributed by atoms with Gasteiger partial charge in [0.05, 0.1) is 28.2 Å². The van der Waals surface area contributed by atoms with Gasteiger partial charge in [0.1, 0.15) is 24.3 Å². The fourth-order valence-electron chi connectivity index (χ4n) is 8.15. The lowest BCUT2D eigenvalue weighted by atomic mass is 9.95. The lowest BCUT2D eigenvalue weighted by Gasteiger charge is -2.35. The standard InChI is InChI=1S/C33H37FN6O3/c1-2-20-5-3-6-21-11-25(41)12-28(30(20)21)40-32(42)26-13-29(43-19-33-9-4-10-39(33)16-22(34)14-33)37-31(27(26)15-35-40)38-17-23-7-8-24(18-38)36-23/h3,5-6,11-13,15,22-24,36,41H,2,4,7-10,14,16-19H2,1H3/t22-,23?,24?,33+/m0/s1. The third-order valence-corrected chi connectivity index (χ3v) is 10.1. The highest BCUT2D eigenvalue weighted by Crippen LogP contribution is 2.41. The number of alkyl halides is 1. The number of phenolic OH excluding ortho intramolecular Hbond substituents is 1. The van der Waals surface area contributed by atoms with E-state index in [0.717, 1.165) is 68.1 Å². The fourth-order valence-corrected chi connectivity index (χ4v) is 8.15. The Balaban J connectivity index is 1.27. The van der Waals surface area contributed by atoms with Gasteiger partial charge in [-0.05, 0) is 55.7 Å². The SMILES string of the molecule is CCc1cccc2cc(O)cc(-n3ncc4c(N5CC6CCC(C5)N6)nc(OC[C@]56CCCN5C[C@@H](F)C6)cc4c3=O)c12. The highest BCUT2D eigenvalue weighted by molar-refractivity contribution is 5.96. The van der Waals surface area contributed by atoms with Crippen molar-refractivity contribution in [1.29, 1.82) is 0 Å². The molecule has 4 aromatic rings. The maximum atomic E-state index is 14.5. The molecule has 0 spiro atoms. The molecule has 0 saturated carbocycles. The lowest BCUT2D eigenvalue weighted by Crippen LogP contribution is -2.51. The summed E-state index contributed by atoms with van der Waals surface area (Å²) in [5.41, 5.74) is 0.994. The molecule has 4 atom stereocenters. The molecule has 0 amide bonds. The predicted octanol–water partition coefficient (Wildman–Crippen LogP) is 4.10. The topological polar surface area (TPSA) is 95.8 Å². The third-order valence-electron chi connectivity index (χ3n) is 10.1. The van der Waals surface area contributed by atoms with Gasteiger partial charge in [-0.2, -0.15) is 14.8 Å². The third kappa shape index (κ3) is 4.45. The van der Waals surface area contributed by atoms with Crippen molar-refractivity contribution >= 4 is 27.4 Å². The van der Waals surface area contributed by atoms with Gasteiger partial charge in [0.15, 0.2) is 0 Å². The Morgan fingerprint density at radius 2 is 1.98 bits per heavy atom. The van der Waals surface area contributed by atoms with Crippen LogP contribution in [0.25, 0.3) is 27.2 Å². The predicted molar refractivity (Wildman–Crippen MR) is 164 cm³/mol. The average molecular weight is 585 g/mol. The van der Waals surface area contributed by atoms with Gasteiger partial charge >= 0.3 is 0 Å². The molecule has 4 saturated heterocycles. The number of halogens is 1. The number of hydrogen-bond donors (Lipinski definition) is 2. The number of ether oxygens (including phenoxy) is 1. The molecular weight excluding hydrogens is 547 g/mol. The van der Waals surface area contributed by atoms with Crippen molar-refractivity contribution in [2.24, 2.45) is 0 Å². The van der Waals surface area contributed by atoms with E-state index < -0.39 is 6.17 Å². The minimum Gasteiger partial charge on any atom is -0.508 e. The van der Waals surface area contributed by atoms with Gasteiger partial charge in [-0.15, -0.1) is 0 Å². The van der Waals surface area contributed by atoms with Gasteiger partial charge in [-0.1, -0.05) is 25.1 Å². The first-order valence-corrected chi connectivity index (χ1v) is 15.6. The van der Waals surface area contributed by atoms with Gasteiger partial charge in [-0.3, -0.25) is 9.69 Å². The number of pyridine rings is 1. The first-order chi connectivity index (χ1) is 20.9. The fraction of sp³-hybridized carbons (Fsp3) is 0.485. The van der Waals surface area contributed by atoms with E-state index in [1.54, 1.807) is 24.4 Å². The van der Waals surface area contributed by atoms with E-state index in [1.165, 1.54) is 4.68 Å². The van der Waals surface area contributed by atoms with Crippen molar-refractivity contribution in [3.63, 3.8) is 0 Å². The molecule has 4 fully saturated rings. The Hall–Kier alpha value is -3.76. The molecule has 224 valence electrons. The second kappa shape index (κ2) is 10.2. The summed E-state index contributed by atoms with van der Waals surface area (Å²) in [6, 6.07) is 11.7. The minimum absolute atomic E-state index is 0.0726. The number of phenols is 1. The molecule has 0 radical (unpaired) electrons. The molecule has 2 aromatic carbocycles. The van der Waals surface area contributed by atoms with Crippen molar-refractivity contribution in [2.75, 3.05) is 37.7 Å². The molecular formula is C33H37FN6O3. The van der Waals surface area contributed by atoms with Gasteiger partial charge in [0.2, 0.25) is 5.88 Å². The summed E-state index contributed by atoms with van der Waals surface area (Å²) in [6.07, 6.45) is 6.28. The molecule has 4 aliphatic heterocycles. The maximum Gasteiger partial charge on any atom is 0.279 e. The smallest absolute Gasteiger partial charge is 0.279 e. The number of fused-ring (bicyclic) bond motifs is 5. The van der Waals surface area contributed by atoms with Crippen molar-refractivity contribution in [2.45, 2.75) is 69.2 Å². The van der Waals surface area contributed by atoms with E-state index in [2.05, 4.69) is 27.1 Å². The van der Waals surface area contributed by atoms with Crippen LogP contribution < -0.4 is 20.5 Å². The second-order valence-electron chi connectivity index (χ2n) is 12.8. The van der Waals surface area contributed by atoms with Crippen LogP contribution in [0.4, 0.5) is 10.2 Å². The van der Waals surface area contributed by atoms with Gasteiger partial charge in [0, 0.05) is 55.7 Å². The Labute approximate surface area is 249 Å². The second-order valence-corrected chi connectivity index (χ2v) is 12.8. The zero-order valence-corrected chi connectivity index (χ0v) is 24.4. The first kappa shape index (κ1) is 26.8. The lowest BCUT2D eigenvalue weighted by molar-refractivity contribution is 0.111. The quantitative estimate of drug-likeness (QED) is 0.350. The summed E-state index contributed by atoms with van der Waals surface area (Å²) in [5, 5.41) is 21.8. The Morgan fingerprint density at radius 3 is 2.79 bits per heavy atom. The molecule has 0 aliphatic carbocycles. The highest BCUT2D eigenvalue weighted by atomic mass is 19.1.